The molecule has 23 heavy (non-hydrogen) atoms. The van der Waals surface area contributed by atoms with Gasteiger partial charge in [0.1, 0.15) is 0 Å². The summed E-state index contributed by atoms with van der Waals surface area (Å²) in [6, 6.07) is 20.6. The zero-order valence-electron chi connectivity index (χ0n) is 14.0. The molecule has 0 bridgehead atoms. The molecule has 0 aliphatic rings. The first kappa shape index (κ1) is 17.7. The van der Waals surface area contributed by atoms with E-state index in [2.05, 4.69) is 43.4 Å². The van der Waals surface area contributed by atoms with Crippen molar-refractivity contribution in [3.8, 4) is 0 Å². The zero-order chi connectivity index (χ0) is 16.5. The summed E-state index contributed by atoms with van der Waals surface area (Å²) >= 11 is 0. The molecule has 2 N–H and O–H groups in total. The minimum Gasteiger partial charge on any atom is -0.389 e. The van der Waals surface area contributed by atoms with E-state index >= 15 is 0 Å². The third-order valence-corrected chi connectivity index (χ3v) is 3.99. The van der Waals surface area contributed by atoms with E-state index in [1.165, 1.54) is 5.56 Å². The molecule has 0 aliphatic carbocycles. The summed E-state index contributed by atoms with van der Waals surface area (Å²) in [6.45, 7) is 5.05. The van der Waals surface area contributed by atoms with E-state index in [9.17, 15) is 5.11 Å². The summed E-state index contributed by atoms with van der Waals surface area (Å²) in [6.07, 6.45) is 0.418. The van der Waals surface area contributed by atoms with E-state index < -0.39 is 6.10 Å². The molecule has 3 atom stereocenters. The summed E-state index contributed by atoms with van der Waals surface area (Å²) in [5.41, 5.74) is 2.38. The quantitative estimate of drug-likeness (QED) is 0.738. The lowest BCUT2D eigenvalue weighted by Crippen LogP contribution is -2.32. The minimum absolute atomic E-state index is 0.0393. The molecule has 2 rings (SSSR count). The molecule has 124 valence electrons. The van der Waals surface area contributed by atoms with Gasteiger partial charge >= 0.3 is 0 Å². The van der Waals surface area contributed by atoms with Crippen molar-refractivity contribution in [3.63, 3.8) is 0 Å². The second kappa shape index (κ2) is 9.46. The molecule has 0 saturated heterocycles. The Bertz CT molecular complexity index is 544. The first-order valence-electron chi connectivity index (χ1n) is 8.33. The number of rotatable bonds is 9. The van der Waals surface area contributed by atoms with E-state index in [1.54, 1.807) is 0 Å². The van der Waals surface area contributed by atoms with E-state index in [1.807, 2.05) is 36.4 Å². The van der Waals surface area contributed by atoms with Crippen LogP contribution in [-0.2, 0) is 4.74 Å². The smallest absolute Gasteiger partial charge is 0.0898 e. The number of hydrogen-bond donors (Lipinski definition) is 2. The monoisotopic (exact) mass is 313 g/mol. The Kier molecular flexibility index (Phi) is 7.27. The van der Waals surface area contributed by atoms with E-state index in [4.69, 9.17) is 4.74 Å². The van der Waals surface area contributed by atoms with Crippen molar-refractivity contribution < 1.29 is 9.84 Å². The van der Waals surface area contributed by atoms with Crippen LogP contribution in [0.15, 0.2) is 60.7 Å². The van der Waals surface area contributed by atoms with Crippen LogP contribution in [-0.4, -0.2) is 24.4 Å². The van der Waals surface area contributed by atoms with Crippen LogP contribution in [0.1, 0.15) is 43.5 Å². The highest BCUT2D eigenvalue weighted by atomic mass is 16.5. The van der Waals surface area contributed by atoms with Gasteiger partial charge in [0.15, 0.2) is 0 Å². The van der Waals surface area contributed by atoms with Gasteiger partial charge in [-0.25, -0.2) is 0 Å². The van der Waals surface area contributed by atoms with Crippen molar-refractivity contribution >= 4 is 0 Å². The van der Waals surface area contributed by atoms with Crippen molar-refractivity contribution in [2.45, 2.75) is 38.5 Å². The van der Waals surface area contributed by atoms with E-state index in [0.717, 1.165) is 12.0 Å². The van der Waals surface area contributed by atoms with Gasteiger partial charge in [0.05, 0.1) is 18.8 Å². The lowest BCUT2D eigenvalue weighted by molar-refractivity contribution is -0.0120. The highest BCUT2D eigenvalue weighted by Crippen LogP contribution is 2.20. The third kappa shape index (κ3) is 5.79. The number of nitrogens with one attached hydrogen (secondary N) is 1. The van der Waals surface area contributed by atoms with Gasteiger partial charge in [-0.15, -0.1) is 0 Å². The number of hydrogen-bond acceptors (Lipinski definition) is 3. The largest absolute Gasteiger partial charge is 0.389 e. The SMILES string of the molecule is CC[C@H](OC[C@H](O)CN[C@@H](C)c1ccccc1)c1ccccc1. The third-order valence-electron chi connectivity index (χ3n) is 3.99. The second-order valence-corrected chi connectivity index (χ2v) is 5.84. The van der Waals surface area contributed by atoms with E-state index in [-0.39, 0.29) is 12.1 Å². The first-order valence-corrected chi connectivity index (χ1v) is 8.33. The molecule has 2 aromatic rings. The summed E-state index contributed by atoms with van der Waals surface area (Å²) in [4.78, 5) is 0. The van der Waals surface area contributed by atoms with Gasteiger partial charge in [-0.2, -0.15) is 0 Å². The molecule has 0 radical (unpaired) electrons. The van der Waals surface area contributed by atoms with Gasteiger partial charge in [-0.05, 0) is 24.5 Å². The molecule has 0 aromatic heterocycles. The minimum atomic E-state index is -0.515. The molecule has 0 fully saturated rings. The van der Waals surface area contributed by atoms with Crippen LogP contribution in [0.3, 0.4) is 0 Å². The summed E-state index contributed by atoms with van der Waals surface area (Å²) < 4.78 is 5.89. The number of aliphatic hydroxyl groups is 1. The molecule has 3 heteroatoms. The Labute approximate surface area is 139 Å². The fourth-order valence-electron chi connectivity index (χ4n) is 2.58. The van der Waals surface area contributed by atoms with Crippen molar-refractivity contribution in [2.24, 2.45) is 0 Å². The first-order chi connectivity index (χ1) is 11.2. The molecule has 0 spiro atoms. The van der Waals surface area contributed by atoms with Crippen molar-refractivity contribution in [1.29, 1.82) is 0 Å². The van der Waals surface area contributed by atoms with Gasteiger partial charge in [-0.1, -0.05) is 67.6 Å². The average Bonchev–Trinajstić information content (AvgIpc) is 2.62. The van der Waals surface area contributed by atoms with Crippen LogP contribution in [0.5, 0.6) is 0 Å². The van der Waals surface area contributed by atoms with Gasteiger partial charge in [-0.3, -0.25) is 0 Å². The van der Waals surface area contributed by atoms with E-state index in [0.29, 0.717) is 13.2 Å². The summed E-state index contributed by atoms with van der Waals surface area (Å²) in [7, 11) is 0. The fourth-order valence-corrected chi connectivity index (χ4v) is 2.58. The van der Waals surface area contributed by atoms with Crippen molar-refractivity contribution in [2.75, 3.05) is 13.2 Å². The molecule has 0 amide bonds. The standard InChI is InChI=1S/C20H27NO2/c1-3-20(18-12-8-5-9-13-18)23-15-19(22)14-21-16(2)17-10-6-4-7-11-17/h4-13,16,19-22H,3,14-15H2,1-2H3/t16-,19+,20-/m0/s1. The van der Waals surface area contributed by atoms with Gasteiger partial charge in [0.25, 0.3) is 0 Å². The lowest BCUT2D eigenvalue weighted by Gasteiger charge is -2.21. The number of ether oxygens (including phenoxy) is 1. The zero-order valence-corrected chi connectivity index (χ0v) is 14.0. The Balaban J connectivity index is 1.75. The Hall–Kier alpha value is -1.68. The molecule has 0 aliphatic heterocycles. The molecule has 0 heterocycles. The molecule has 2 aromatic carbocycles. The second-order valence-electron chi connectivity index (χ2n) is 5.84. The summed E-state index contributed by atoms with van der Waals surface area (Å²) in [5, 5.41) is 13.5. The fraction of sp³-hybridized carbons (Fsp3) is 0.400. The summed E-state index contributed by atoms with van der Waals surface area (Å²) in [5.74, 6) is 0. The van der Waals surface area contributed by atoms with Gasteiger partial charge in [0, 0.05) is 12.6 Å². The Morgan fingerprint density at radius 3 is 2.09 bits per heavy atom. The molecular formula is C20H27NO2. The highest BCUT2D eigenvalue weighted by molar-refractivity contribution is 5.18. The van der Waals surface area contributed by atoms with Crippen molar-refractivity contribution in [1.82, 2.24) is 5.32 Å². The lowest BCUT2D eigenvalue weighted by atomic mass is 10.1. The predicted molar refractivity (Wildman–Crippen MR) is 94.3 cm³/mol. The molecule has 0 saturated carbocycles. The molecule has 3 nitrogen and oxygen atoms in total. The van der Waals surface area contributed by atoms with Crippen LogP contribution < -0.4 is 5.32 Å². The molecular weight excluding hydrogens is 286 g/mol. The maximum Gasteiger partial charge on any atom is 0.0898 e. The number of aliphatic hydroxyl groups excluding tert-OH is 1. The van der Waals surface area contributed by atoms with Crippen LogP contribution in [0.2, 0.25) is 0 Å². The maximum atomic E-state index is 10.1. The Morgan fingerprint density at radius 2 is 1.52 bits per heavy atom. The average molecular weight is 313 g/mol. The van der Waals surface area contributed by atoms with Crippen LogP contribution >= 0.6 is 0 Å². The normalized spacial score (nSPS) is 15.1. The number of benzene rings is 2. The van der Waals surface area contributed by atoms with Crippen LogP contribution in [0, 0.1) is 0 Å². The predicted octanol–water partition coefficient (Wildman–Crippen LogP) is 3.87. The van der Waals surface area contributed by atoms with Crippen LogP contribution in [0.25, 0.3) is 0 Å². The highest BCUT2D eigenvalue weighted by Gasteiger charge is 2.13. The Morgan fingerprint density at radius 1 is 0.957 bits per heavy atom. The van der Waals surface area contributed by atoms with Crippen molar-refractivity contribution in [3.05, 3.63) is 71.8 Å². The van der Waals surface area contributed by atoms with Gasteiger partial charge in [0.2, 0.25) is 0 Å². The maximum absolute atomic E-state index is 10.1. The topological polar surface area (TPSA) is 41.5 Å². The van der Waals surface area contributed by atoms with Crippen LogP contribution in [0.4, 0.5) is 0 Å². The molecule has 0 unspecified atom stereocenters. The van der Waals surface area contributed by atoms with Gasteiger partial charge < -0.3 is 15.2 Å².